The zero-order valence-corrected chi connectivity index (χ0v) is 17.4. The SMILES string of the molecule is C=COCC(NC(=O)N1CC(=O)Nc2cc(C3CC3)cnc21)c1ccc(OC(F)(F)F)cc1. The van der Waals surface area contributed by atoms with Gasteiger partial charge in [0.2, 0.25) is 5.91 Å². The van der Waals surface area contributed by atoms with E-state index in [-0.39, 0.29) is 19.1 Å². The predicted octanol–water partition coefficient (Wildman–Crippen LogP) is 4.23. The number of carbonyl (C=O) groups excluding carboxylic acids is 2. The molecule has 11 heteroatoms. The van der Waals surface area contributed by atoms with Gasteiger partial charge in [-0.1, -0.05) is 18.7 Å². The lowest BCUT2D eigenvalue weighted by atomic mass is 10.1. The number of rotatable bonds is 7. The Morgan fingerprint density at radius 1 is 1.33 bits per heavy atom. The smallest absolute Gasteiger partial charge is 0.499 e. The number of urea groups is 1. The summed E-state index contributed by atoms with van der Waals surface area (Å²) in [6, 6.07) is 5.53. The number of ether oxygens (including phenoxy) is 2. The van der Waals surface area contributed by atoms with Gasteiger partial charge in [0.1, 0.15) is 18.9 Å². The fourth-order valence-electron chi connectivity index (χ4n) is 3.51. The number of fused-ring (bicyclic) bond motifs is 1. The molecule has 2 aliphatic rings. The van der Waals surface area contributed by atoms with E-state index < -0.39 is 24.2 Å². The van der Waals surface area contributed by atoms with Gasteiger partial charge in [-0.25, -0.2) is 9.78 Å². The molecule has 2 aromatic rings. The third-order valence-corrected chi connectivity index (χ3v) is 5.21. The second kappa shape index (κ2) is 9.00. The summed E-state index contributed by atoms with van der Waals surface area (Å²) in [6.45, 7) is 3.20. The lowest BCUT2D eigenvalue weighted by Gasteiger charge is -2.30. The van der Waals surface area contributed by atoms with Crippen molar-refractivity contribution in [3.05, 3.63) is 60.5 Å². The zero-order chi connectivity index (χ0) is 23.6. The van der Waals surface area contributed by atoms with Gasteiger partial charge < -0.3 is 20.1 Å². The summed E-state index contributed by atoms with van der Waals surface area (Å²) >= 11 is 0. The van der Waals surface area contributed by atoms with E-state index in [0.29, 0.717) is 23.0 Å². The number of halogens is 3. The van der Waals surface area contributed by atoms with Gasteiger partial charge in [0.05, 0.1) is 18.0 Å². The van der Waals surface area contributed by atoms with Crippen molar-refractivity contribution < 1.29 is 32.2 Å². The maximum atomic E-state index is 13.1. The van der Waals surface area contributed by atoms with E-state index in [4.69, 9.17) is 4.74 Å². The number of hydrogen-bond donors (Lipinski definition) is 2. The highest BCUT2D eigenvalue weighted by Crippen LogP contribution is 2.42. The lowest BCUT2D eigenvalue weighted by molar-refractivity contribution is -0.274. The van der Waals surface area contributed by atoms with Crippen LogP contribution in [0, 0.1) is 0 Å². The average Bonchev–Trinajstić information content (AvgIpc) is 3.60. The van der Waals surface area contributed by atoms with Gasteiger partial charge in [-0.3, -0.25) is 9.69 Å². The van der Waals surface area contributed by atoms with Gasteiger partial charge in [-0.2, -0.15) is 0 Å². The number of anilines is 2. The molecule has 1 aliphatic heterocycles. The van der Waals surface area contributed by atoms with Gasteiger partial charge >= 0.3 is 12.4 Å². The van der Waals surface area contributed by atoms with Gasteiger partial charge in [-0.15, -0.1) is 13.2 Å². The van der Waals surface area contributed by atoms with E-state index in [1.165, 1.54) is 23.3 Å². The Morgan fingerprint density at radius 2 is 2.06 bits per heavy atom. The zero-order valence-electron chi connectivity index (χ0n) is 17.4. The summed E-state index contributed by atoms with van der Waals surface area (Å²) in [5, 5.41) is 5.49. The van der Waals surface area contributed by atoms with E-state index in [1.807, 2.05) is 6.07 Å². The van der Waals surface area contributed by atoms with E-state index in [2.05, 4.69) is 26.9 Å². The maximum absolute atomic E-state index is 13.1. The van der Waals surface area contributed by atoms with Crippen LogP contribution in [0.25, 0.3) is 0 Å². The molecule has 0 radical (unpaired) electrons. The first-order valence-electron chi connectivity index (χ1n) is 10.2. The van der Waals surface area contributed by atoms with Gasteiger partial charge in [0.25, 0.3) is 0 Å². The minimum Gasteiger partial charge on any atom is -0.499 e. The number of nitrogens with one attached hydrogen (secondary N) is 2. The Labute approximate surface area is 187 Å². The largest absolute Gasteiger partial charge is 0.573 e. The number of carbonyl (C=O) groups is 2. The monoisotopic (exact) mass is 462 g/mol. The molecule has 2 N–H and O–H groups in total. The van der Waals surface area contributed by atoms with E-state index in [9.17, 15) is 22.8 Å². The molecule has 1 aliphatic carbocycles. The molecule has 1 aromatic carbocycles. The predicted molar refractivity (Wildman–Crippen MR) is 113 cm³/mol. The summed E-state index contributed by atoms with van der Waals surface area (Å²) in [5.41, 5.74) is 1.94. The molecule has 0 spiro atoms. The molecule has 1 saturated carbocycles. The van der Waals surface area contributed by atoms with Crippen LogP contribution in [0.3, 0.4) is 0 Å². The Kier molecular flexibility index (Phi) is 6.12. The second-order valence-corrected chi connectivity index (χ2v) is 7.67. The normalized spacial score (nSPS) is 16.3. The molecule has 174 valence electrons. The van der Waals surface area contributed by atoms with Crippen molar-refractivity contribution in [1.29, 1.82) is 0 Å². The Balaban J connectivity index is 1.53. The van der Waals surface area contributed by atoms with Gasteiger partial charge in [-0.05, 0) is 48.1 Å². The quantitative estimate of drug-likeness (QED) is 0.601. The molecule has 4 rings (SSSR count). The van der Waals surface area contributed by atoms with Crippen LogP contribution in [0.2, 0.25) is 0 Å². The molecular formula is C22H21F3N4O4. The first-order chi connectivity index (χ1) is 15.7. The number of pyridine rings is 1. The van der Waals surface area contributed by atoms with Crippen LogP contribution in [0.1, 0.15) is 35.9 Å². The highest BCUT2D eigenvalue weighted by Gasteiger charge is 2.33. The lowest BCUT2D eigenvalue weighted by Crippen LogP contribution is -2.49. The third-order valence-electron chi connectivity index (χ3n) is 5.21. The minimum atomic E-state index is -4.81. The van der Waals surface area contributed by atoms with E-state index in [0.717, 1.165) is 30.5 Å². The highest BCUT2D eigenvalue weighted by molar-refractivity contribution is 6.08. The van der Waals surface area contributed by atoms with Crippen molar-refractivity contribution in [2.45, 2.75) is 31.2 Å². The molecular weight excluding hydrogens is 441 g/mol. The van der Waals surface area contributed by atoms with Crippen molar-refractivity contribution in [1.82, 2.24) is 10.3 Å². The van der Waals surface area contributed by atoms with Crippen LogP contribution in [-0.4, -0.2) is 36.4 Å². The molecule has 2 heterocycles. The van der Waals surface area contributed by atoms with Crippen molar-refractivity contribution >= 4 is 23.4 Å². The van der Waals surface area contributed by atoms with Crippen LogP contribution < -0.4 is 20.3 Å². The standard InChI is InChI=1S/C22H21F3N4O4/c1-2-32-12-18(14-5-7-16(8-6-14)33-22(23,24)25)28-21(31)29-11-19(30)27-17-9-15(13-3-4-13)10-26-20(17)29/h2,5-10,13,18H,1,3-4,11-12H2,(H,27,30)(H,28,31). The van der Waals surface area contributed by atoms with Crippen molar-refractivity contribution in [2.24, 2.45) is 0 Å². The van der Waals surface area contributed by atoms with E-state index >= 15 is 0 Å². The number of amides is 3. The number of hydrogen-bond acceptors (Lipinski definition) is 5. The molecule has 1 aromatic heterocycles. The Hall–Kier alpha value is -3.76. The van der Waals surface area contributed by atoms with Crippen LogP contribution in [0.5, 0.6) is 5.75 Å². The molecule has 1 atom stereocenters. The van der Waals surface area contributed by atoms with Crippen molar-refractivity contribution in [3.8, 4) is 5.75 Å². The minimum absolute atomic E-state index is 0.0321. The summed E-state index contributed by atoms with van der Waals surface area (Å²) in [6.07, 6.45) is 0.208. The number of alkyl halides is 3. The maximum Gasteiger partial charge on any atom is 0.573 e. The van der Waals surface area contributed by atoms with Crippen LogP contribution in [-0.2, 0) is 9.53 Å². The molecule has 33 heavy (non-hydrogen) atoms. The molecule has 3 amide bonds. The summed E-state index contributed by atoms with van der Waals surface area (Å²) < 4.78 is 46.3. The Bertz CT molecular complexity index is 1050. The van der Waals surface area contributed by atoms with Crippen LogP contribution in [0.15, 0.2) is 49.4 Å². The number of aromatic nitrogens is 1. The van der Waals surface area contributed by atoms with E-state index in [1.54, 1.807) is 6.20 Å². The topological polar surface area (TPSA) is 92.8 Å². The summed E-state index contributed by atoms with van der Waals surface area (Å²) in [5.74, 6) is -0.0133. The van der Waals surface area contributed by atoms with Crippen LogP contribution in [0.4, 0.5) is 29.5 Å². The summed E-state index contributed by atoms with van der Waals surface area (Å²) in [7, 11) is 0. The number of nitrogens with zero attached hydrogens (tertiary/aromatic N) is 2. The highest BCUT2D eigenvalue weighted by atomic mass is 19.4. The molecule has 8 nitrogen and oxygen atoms in total. The van der Waals surface area contributed by atoms with Crippen LogP contribution >= 0.6 is 0 Å². The number of benzene rings is 1. The summed E-state index contributed by atoms with van der Waals surface area (Å²) in [4.78, 5) is 30.9. The van der Waals surface area contributed by atoms with Gasteiger partial charge in [0.15, 0.2) is 5.82 Å². The first-order valence-corrected chi connectivity index (χ1v) is 10.2. The first kappa shape index (κ1) is 22.4. The van der Waals surface area contributed by atoms with Crippen molar-refractivity contribution in [3.63, 3.8) is 0 Å². The second-order valence-electron chi connectivity index (χ2n) is 7.67. The van der Waals surface area contributed by atoms with Gasteiger partial charge in [0, 0.05) is 6.20 Å². The molecule has 0 saturated heterocycles. The molecule has 1 unspecified atom stereocenters. The molecule has 1 fully saturated rings. The Morgan fingerprint density at radius 3 is 2.70 bits per heavy atom. The fourth-order valence-corrected chi connectivity index (χ4v) is 3.51. The molecule has 0 bridgehead atoms. The fraction of sp³-hybridized carbons (Fsp3) is 0.318. The van der Waals surface area contributed by atoms with Crippen molar-refractivity contribution in [2.75, 3.05) is 23.4 Å². The third kappa shape index (κ3) is 5.54. The average molecular weight is 462 g/mol.